The Kier molecular flexibility index (Phi) is 5.13. The maximum absolute atomic E-state index is 12.5. The van der Waals surface area contributed by atoms with E-state index >= 15 is 0 Å². The number of phenols is 2. The number of phenolic OH excluding ortho intramolecular Hbond substituents is 2. The van der Waals surface area contributed by atoms with Gasteiger partial charge in [0.2, 0.25) is 0 Å². The molecule has 0 spiro atoms. The first-order valence-electron chi connectivity index (χ1n) is 9.32. The predicted octanol–water partition coefficient (Wildman–Crippen LogP) is 4.95. The second kappa shape index (κ2) is 6.54. The molecule has 1 aromatic rings. The van der Waals surface area contributed by atoms with Gasteiger partial charge in [-0.05, 0) is 42.1 Å². The average molecular weight is 348 g/mol. The highest BCUT2D eigenvalue weighted by molar-refractivity contribution is 5.85. The largest absolute Gasteiger partial charge is 0.504 e. The Morgan fingerprint density at radius 2 is 1.84 bits per heavy atom. The zero-order valence-corrected chi connectivity index (χ0v) is 16.3. The van der Waals surface area contributed by atoms with Gasteiger partial charge in [-0.2, -0.15) is 0 Å². The second-order valence-corrected chi connectivity index (χ2v) is 8.55. The van der Waals surface area contributed by atoms with Crippen LogP contribution in [0, 0.1) is 11.3 Å². The lowest BCUT2D eigenvalue weighted by atomic mass is 9.53. The number of carboxylic acid groups (broad SMARTS) is 1. The van der Waals surface area contributed by atoms with Crippen molar-refractivity contribution in [3.8, 4) is 11.5 Å². The summed E-state index contributed by atoms with van der Waals surface area (Å²) in [6.07, 6.45) is 2.85. The summed E-state index contributed by atoms with van der Waals surface area (Å²) in [5.74, 6) is -1.43. The molecule has 2 atom stereocenters. The van der Waals surface area contributed by atoms with Crippen molar-refractivity contribution in [2.45, 2.75) is 78.6 Å². The molecule has 2 rings (SSSR count). The van der Waals surface area contributed by atoms with Crippen LogP contribution in [0.2, 0.25) is 0 Å². The summed E-state index contributed by atoms with van der Waals surface area (Å²) in [6.45, 7) is 12.0. The van der Waals surface area contributed by atoms with E-state index < -0.39 is 11.4 Å². The molecule has 140 valence electrons. The zero-order chi connectivity index (χ0) is 19.2. The lowest BCUT2D eigenvalue weighted by Gasteiger charge is -2.49. The van der Waals surface area contributed by atoms with E-state index in [1.165, 1.54) is 0 Å². The minimum atomic E-state index is -1.18. The molecule has 1 unspecified atom stereocenters. The van der Waals surface area contributed by atoms with Gasteiger partial charge in [-0.15, -0.1) is 0 Å². The SMILES string of the molecule is CCc1cc(C(C)C)c(O)c(O)c1C1(C(=O)O)CCCC(C)(C)[C@@H]1C. The van der Waals surface area contributed by atoms with Gasteiger partial charge < -0.3 is 15.3 Å². The molecule has 0 amide bonds. The molecule has 1 saturated carbocycles. The minimum absolute atomic E-state index is 0.0475. The van der Waals surface area contributed by atoms with E-state index in [-0.39, 0.29) is 28.7 Å². The van der Waals surface area contributed by atoms with Crippen molar-refractivity contribution in [1.29, 1.82) is 0 Å². The van der Waals surface area contributed by atoms with Crippen LogP contribution < -0.4 is 0 Å². The third kappa shape index (κ3) is 2.90. The van der Waals surface area contributed by atoms with Crippen LogP contribution >= 0.6 is 0 Å². The molecule has 0 bridgehead atoms. The zero-order valence-electron chi connectivity index (χ0n) is 16.3. The number of rotatable bonds is 4. The standard InChI is InChI=1S/C21H32O4/c1-7-14-11-15(12(2)3)17(22)18(23)16(14)21(19(24)25)10-8-9-20(5,6)13(21)4/h11-13,22-23H,7-10H2,1-6H3,(H,24,25)/t13-,21?/m0/s1. The Hall–Kier alpha value is -1.71. The number of hydrogen-bond donors (Lipinski definition) is 3. The number of aryl methyl sites for hydroxylation is 1. The molecule has 3 N–H and O–H groups in total. The van der Waals surface area contributed by atoms with E-state index in [2.05, 4.69) is 13.8 Å². The Balaban J connectivity index is 2.84. The van der Waals surface area contributed by atoms with Crippen molar-refractivity contribution in [2.75, 3.05) is 0 Å². The van der Waals surface area contributed by atoms with Crippen molar-refractivity contribution in [2.24, 2.45) is 11.3 Å². The first-order valence-corrected chi connectivity index (χ1v) is 9.32. The van der Waals surface area contributed by atoms with E-state index in [9.17, 15) is 20.1 Å². The third-order valence-electron chi connectivity index (χ3n) is 6.52. The van der Waals surface area contributed by atoms with Crippen molar-refractivity contribution in [1.82, 2.24) is 0 Å². The number of hydrogen-bond acceptors (Lipinski definition) is 3. The van der Waals surface area contributed by atoms with Crippen LogP contribution in [0.25, 0.3) is 0 Å². The van der Waals surface area contributed by atoms with Crippen LogP contribution in [-0.2, 0) is 16.6 Å². The van der Waals surface area contributed by atoms with Gasteiger partial charge in [-0.1, -0.05) is 54.0 Å². The Morgan fingerprint density at radius 1 is 1.24 bits per heavy atom. The van der Waals surface area contributed by atoms with Crippen LogP contribution in [0.15, 0.2) is 6.07 Å². The number of benzene rings is 1. The minimum Gasteiger partial charge on any atom is -0.504 e. The molecule has 0 aromatic heterocycles. The molecular weight excluding hydrogens is 316 g/mol. The maximum atomic E-state index is 12.5. The number of carboxylic acids is 1. The molecule has 0 aliphatic heterocycles. The van der Waals surface area contributed by atoms with E-state index in [4.69, 9.17) is 0 Å². The lowest BCUT2D eigenvalue weighted by Crippen LogP contribution is -2.51. The van der Waals surface area contributed by atoms with E-state index in [1.54, 1.807) is 0 Å². The summed E-state index contributed by atoms with van der Waals surface area (Å²) in [6, 6.07) is 1.88. The fraction of sp³-hybridized carbons (Fsp3) is 0.667. The number of carbonyl (C=O) groups is 1. The van der Waals surface area contributed by atoms with Gasteiger partial charge >= 0.3 is 5.97 Å². The molecule has 0 saturated heterocycles. The van der Waals surface area contributed by atoms with Gasteiger partial charge in [0.05, 0.1) is 5.41 Å². The van der Waals surface area contributed by atoms with Crippen molar-refractivity contribution in [3.63, 3.8) is 0 Å². The molecule has 4 nitrogen and oxygen atoms in total. The monoisotopic (exact) mass is 348 g/mol. The van der Waals surface area contributed by atoms with Crippen molar-refractivity contribution in [3.05, 3.63) is 22.8 Å². The van der Waals surface area contributed by atoms with Gasteiger partial charge in [0.15, 0.2) is 11.5 Å². The fourth-order valence-corrected chi connectivity index (χ4v) is 4.62. The van der Waals surface area contributed by atoms with E-state index in [0.29, 0.717) is 24.0 Å². The summed E-state index contributed by atoms with van der Waals surface area (Å²) in [5, 5.41) is 31.7. The predicted molar refractivity (Wildman–Crippen MR) is 99.3 cm³/mol. The molecule has 0 heterocycles. The van der Waals surface area contributed by atoms with Crippen LogP contribution in [0.1, 0.15) is 83.4 Å². The normalized spacial score (nSPS) is 26.0. The quantitative estimate of drug-likeness (QED) is 0.673. The van der Waals surface area contributed by atoms with Crippen LogP contribution in [-0.4, -0.2) is 21.3 Å². The van der Waals surface area contributed by atoms with Crippen LogP contribution in [0.5, 0.6) is 11.5 Å². The molecule has 1 aliphatic carbocycles. The smallest absolute Gasteiger partial charge is 0.314 e. The summed E-state index contributed by atoms with van der Waals surface area (Å²) in [4.78, 5) is 12.5. The third-order valence-corrected chi connectivity index (χ3v) is 6.52. The fourth-order valence-electron chi connectivity index (χ4n) is 4.62. The Morgan fingerprint density at radius 3 is 2.32 bits per heavy atom. The first-order chi connectivity index (χ1) is 11.5. The van der Waals surface area contributed by atoms with Crippen LogP contribution in [0.4, 0.5) is 0 Å². The second-order valence-electron chi connectivity index (χ2n) is 8.55. The summed E-state index contributed by atoms with van der Waals surface area (Å²) in [5.41, 5.74) is 0.585. The molecule has 25 heavy (non-hydrogen) atoms. The molecule has 0 radical (unpaired) electrons. The summed E-state index contributed by atoms with van der Waals surface area (Å²) >= 11 is 0. The first kappa shape index (κ1) is 19.6. The van der Waals surface area contributed by atoms with Gasteiger partial charge in [0, 0.05) is 11.1 Å². The van der Waals surface area contributed by atoms with Gasteiger partial charge in [-0.3, -0.25) is 4.79 Å². The molecular formula is C21H32O4. The van der Waals surface area contributed by atoms with E-state index in [0.717, 1.165) is 18.4 Å². The van der Waals surface area contributed by atoms with Gasteiger partial charge in [0.1, 0.15) is 0 Å². The number of aromatic hydroxyl groups is 2. The highest BCUT2D eigenvalue weighted by Crippen LogP contribution is 2.57. The molecule has 1 aromatic carbocycles. The Bertz CT molecular complexity index is 675. The van der Waals surface area contributed by atoms with Gasteiger partial charge in [0.25, 0.3) is 0 Å². The van der Waals surface area contributed by atoms with Crippen LogP contribution in [0.3, 0.4) is 0 Å². The summed E-state index contributed by atoms with van der Waals surface area (Å²) < 4.78 is 0. The van der Waals surface area contributed by atoms with Crippen molar-refractivity contribution >= 4 is 5.97 Å². The Labute approximate surface area is 150 Å². The summed E-state index contributed by atoms with van der Waals surface area (Å²) in [7, 11) is 0. The average Bonchev–Trinajstić information content (AvgIpc) is 2.52. The van der Waals surface area contributed by atoms with Crippen molar-refractivity contribution < 1.29 is 20.1 Å². The topological polar surface area (TPSA) is 77.8 Å². The number of aliphatic carboxylic acids is 1. The highest BCUT2D eigenvalue weighted by Gasteiger charge is 2.55. The molecule has 1 fully saturated rings. The molecule has 1 aliphatic rings. The van der Waals surface area contributed by atoms with E-state index in [1.807, 2.05) is 33.8 Å². The van der Waals surface area contributed by atoms with Gasteiger partial charge in [-0.25, -0.2) is 0 Å². The highest BCUT2D eigenvalue weighted by atomic mass is 16.4. The maximum Gasteiger partial charge on any atom is 0.314 e. The molecule has 4 heteroatoms. The lowest BCUT2D eigenvalue weighted by molar-refractivity contribution is -0.151.